The third-order valence-electron chi connectivity index (χ3n) is 11.9. The molecule has 0 unspecified atom stereocenters. The number of nitrogens with one attached hydrogen (secondary N) is 1. The predicted octanol–water partition coefficient (Wildman–Crippen LogP) is 6.59. The molecular weight excluding hydrogens is 674 g/mol. The van der Waals surface area contributed by atoms with Crippen LogP contribution >= 0.6 is 11.6 Å². The first-order chi connectivity index (χ1) is 24.0. The molecule has 1 aliphatic carbocycles. The molecule has 4 aliphatic rings. The highest BCUT2D eigenvalue weighted by Crippen LogP contribution is 2.46. The summed E-state index contributed by atoms with van der Waals surface area (Å²) in [6.07, 6.45) is 9.78. The number of aryl methyl sites for hydroxylation is 1. The van der Waals surface area contributed by atoms with E-state index in [1.54, 1.807) is 25.1 Å². The first-order valence-electron chi connectivity index (χ1n) is 18.9. The lowest BCUT2D eigenvalue weighted by Crippen LogP contribution is -2.56. The maximum atomic E-state index is 13.6. The summed E-state index contributed by atoms with van der Waals surface area (Å²) >= 11 is 6.38. The van der Waals surface area contributed by atoms with Gasteiger partial charge in [0.25, 0.3) is 5.91 Å². The second-order valence-electron chi connectivity index (χ2n) is 15.3. The van der Waals surface area contributed by atoms with Crippen LogP contribution in [0.25, 0.3) is 0 Å². The second kappa shape index (κ2) is 16.5. The van der Waals surface area contributed by atoms with E-state index in [-0.39, 0.29) is 23.3 Å². The normalized spacial score (nSPS) is 30.4. The number of carbonyl (C=O) groups excluding carboxylic acids is 1. The van der Waals surface area contributed by atoms with Gasteiger partial charge in [-0.05, 0) is 137 Å². The zero-order chi connectivity index (χ0) is 35.3. The van der Waals surface area contributed by atoms with Gasteiger partial charge in [-0.25, -0.2) is 13.1 Å². The molecule has 3 aliphatic heterocycles. The minimum Gasteiger partial charge on any atom is -0.487 e. The van der Waals surface area contributed by atoms with Gasteiger partial charge in [-0.1, -0.05) is 31.0 Å². The third kappa shape index (κ3) is 8.98. The van der Waals surface area contributed by atoms with Crippen molar-refractivity contribution in [2.45, 2.75) is 102 Å². The summed E-state index contributed by atoms with van der Waals surface area (Å²) in [7, 11) is -3.94. The molecule has 3 heterocycles. The van der Waals surface area contributed by atoms with Crippen LogP contribution in [-0.4, -0.2) is 81.1 Å². The van der Waals surface area contributed by atoms with E-state index >= 15 is 0 Å². The molecule has 0 spiro atoms. The standard InChI is InChI=1S/C39H56ClN3O6S/c1-28-9-7-17-39(45,27-42-18-5-6-21-48-22-8-19-42)35-15-12-32(35)25-43-20-4-3-10-30-23-34(40)14-11-33(30)26-49-37-16-13-31(24-36(37)43)38(44)41-50(46,47)29(28)2/h11,13-14,16,23-24,28-29,32,35,45H,3-10,12,15,17-22,25-27H2,1-2H3,(H,41,44)/t28-,29+,32-,35+,39+/m0/s1. The number of benzene rings is 2. The Morgan fingerprint density at radius 2 is 1.74 bits per heavy atom. The Kier molecular flexibility index (Phi) is 12.4. The minimum absolute atomic E-state index is 0.121. The number of carbonyl (C=O) groups is 1. The highest BCUT2D eigenvalue weighted by atomic mass is 35.5. The minimum atomic E-state index is -3.94. The quantitative estimate of drug-likeness (QED) is 0.357. The van der Waals surface area contributed by atoms with E-state index in [4.69, 9.17) is 21.1 Å². The summed E-state index contributed by atoms with van der Waals surface area (Å²) in [6.45, 7) is 9.46. The molecule has 6 rings (SSSR count). The van der Waals surface area contributed by atoms with Gasteiger partial charge in [-0.3, -0.25) is 4.79 Å². The summed E-state index contributed by atoms with van der Waals surface area (Å²) in [5.74, 6) is 0.234. The van der Waals surface area contributed by atoms with E-state index in [9.17, 15) is 18.3 Å². The number of fused-ring (bicyclic) bond motifs is 3. The van der Waals surface area contributed by atoms with Crippen LogP contribution in [-0.2, 0) is 27.8 Å². The Labute approximate surface area is 304 Å². The van der Waals surface area contributed by atoms with Crippen molar-refractivity contribution in [2.24, 2.45) is 17.8 Å². The summed E-state index contributed by atoms with van der Waals surface area (Å²) < 4.78 is 41.7. The fraction of sp³-hybridized carbons (Fsp3) is 0.667. The van der Waals surface area contributed by atoms with E-state index in [0.29, 0.717) is 36.8 Å². The Bertz CT molecular complexity index is 1580. The number of aliphatic hydroxyl groups is 1. The smallest absolute Gasteiger partial charge is 0.264 e. The number of nitrogens with zero attached hydrogens (tertiary/aromatic N) is 2. The van der Waals surface area contributed by atoms with E-state index in [2.05, 4.69) is 14.5 Å². The Morgan fingerprint density at radius 1 is 0.940 bits per heavy atom. The maximum absolute atomic E-state index is 13.6. The number of rotatable bonds is 2. The maximum Gasteiger partial charge on any atom is 0.264 e. The lowest BCUT2D eigenvalue weighted by Gasteiger charge is -2.51. The van der Waals surface area contributed by atoms with Crippen LogP contribution in [0.3, 0.4) is 0 Å². The SMILES string of the molecule is C[C@@H]1[C@@H](C)CCC[C@@](O)(CN2CCCCOCCC2)[C@@H]2CC[C@H]2CN2CCCCc3cc(Cl)ccc3COc3ccc(cc32)C(=O)NS1(=O)=O. The van der Waals surface area contributed by atoms with Crippen LogP contribution in [0.15, 0.2) is 36.4 Å². The number of ether oxygens (including phenoxy) is 2. The number of β-amino-alcohol motifs (C(OH)–C–C–N with tert-alkyl or cyclic N) is 1. The van der Waals surface area contributed by atoms with Crippen LogP contribution in [0.4, 0.5) is 5.69 Å². The molecule has 276 valence electrons. The van der Waals surface area contributed by atoms with Crippen molar-refractivity contribution >= 4 is 33.2 Å². The predicted molar refractivity (Wildman–Crippen MR) is 199 cm³/mol. The fourth-order valence-electron chi connectivity index (χ4n) is 8.48. The van der Waals surface area contributed by atoms with Gasteiger partial charge in [0.2, 0.25) is 10.0 Å². The van der Waals surface area contributed by atoms with Crippen LogP contribution in [0.1, 0.15) is 99.5 Å². The van der Waals surface area contributed by atoms with Gasteiger partial charge in [0.1, 0.15) is 12.4 Å². The summed E-state index contributed by atoms with van der Waals surface area (Å²) in [5, 5.41) is 12.7. The van der Waals surface area contributed by atoms with E-state index in [1.165, 1.54) is 5.56 Å². The molecule has 2 bridgehead atoms. The van der Waals surface area contributed by atoms with Crippen LogP contribution in [0.5, 0.6) is 5.75 Å². The molecule has 2 aromatic rings. The van der Waals surface area contributed by atoms with Crippen molar-refractivity contribution in [2.75, 3.05) is 50.8 Å². The van der Waals surface area contributed by atoms with Crippen LogP contribution in [0.2, 0.25) is 5.02 Å². The van der Waals surface area contributed by atoms with E-state index < -0.39 is 26.8 Å². The van der Waals surface area contributed by atoms with Gasteiger partial charge in [0.15, 0.2) is 0 Å². The van der Waals surface area contributed by atoms with E-state index in [0.717, 1.165) is 108 Å². The first kappa shape index (κ1) is 37.4. The second-order valence-corrected chi connectivity index (χ2v) is 17.8. The van der Waals surface area contributed by atoms with E-state index in [1.807, 2.05) is 25.1 Å². The largest absolute Gasteiger partial charge is 0.487 e. The molecule has 0 radical (unpaired) electrons. The molecule has 2 N–H and O–H groups in total. The molecule has 2 aromatic carbocycles. The van der Waals surface area contributed by atoms with Crippen molar-refractivity contribution < 1.29 is 27.8 Å². The zero-order valence-corrected chi connectivity index (χ0v) is 31.5. The lowest BCUT2D eigenvalue weighted by molar-refractivity contribution is -0.106. The van der Waals surface area contributed by atoms with Crippen molar-refractivity contribution in [1.82, 2.24) is 9.62 Å². The molecule has 1 amide bonds. The van der Waals surface area contributed by atoms with Crippen molar-refractivity contribution in [1.29, 1.82) is 0 Å². The molecule has 1 saturated carbocycles. The highest BCUT2D eigenvalue weighted by Gasteiger charge is 2.47. The van der Waals surface area contributed by atoms with Gasteiger partial charge >= 0.3 is 0 Å². The number of hydrogen-bond donors (Lipinski definition) is 2. The Balaban J connectivity index is 1.36. The number of hydrogen-bond acceptors (Lipinski definition) is 8. The topological polar surface area (TPSA) is 108 Å². The molecular formula is C39H56ClN3O6S. The molecule has 0 aromatic heterocycles. The van der Waals surface area contributed by atoms with Crippen molar-refractivity contribution in [3.63, 3.8) is 0 Å². The van der Waals surface area contributed by atoms with Crippen molar-refractivity contribution in [3.8, 4) is 5.75 Å². The molecule has 2 fully saturated rings. The molecule has 1 saturated heterocycles. The number of halogens is 1. The van der Waals surface area contributed by atoms with Gasteiger partial charge in [0.05, 0.1) is 16.5 Å². The van der Waals surface area contributed by atoms with Crippen molar-refractivity contribution in [3.05, 3.63) is 58.1 Å². The average Bonchev–Trinajstić information content (AvgIpc) is 3.17. The number of amides is 1. The average molecular weight is 730 g/mol. The molecule has 5 atom stereocenters. The third-order valence-corrected chi connectivity index (χ3v) is 14.0. The van der Waals surface area contributed by atoms with Gasteiger partial charge in [0, 0.05) is 50.0 Å². The zero-order valence-electron chi connectivity index (χ0n) is 29.9. The van der Waals surface area contributed by atoms with Gasteiger partial charge in [-0.15, -0.1) is 0 Å². The molecule has 11 heteroatoms. The highest BCUT2D eigenvalue weighted by molar-refractivity contribution is 7.90. The van der Waals surface area contributed by atoms with Crippen LogP contribution in [0, 0.1) is 17.8 Å². The molecule has 50 heavy (non-hydrogen) atoms. The number of sulfonamides is 1. The lowest BCUT2D eigenvalue weighted by atomic mass is 9.62. The molecule has 9 nitrogen and oxygen atoms in total. The first-order valence-corrected chi connectivity index (χ1v) is 20.8. The Morgan fingerprint density at radius 3 is 2.56 bits per heavy atom. The summed E-state index contributed by atoms with van der Waals surface area (Å²) in [4.78, 5) is 18.3. The summed E-state index contributed by atoms with van der Waals surface area (Å²) in [6, 6.07) is 11.2. The summed E-state index contributed by atoms with van der Waals surface area (Å²) in [5.41, 5.74) is 2.44. The fourth-order valence-corrected chi connectivity index (χ4v) is 9.98. The monoisotopic (exact) mass is 729 g/mol. The van der Waals surface area contributed by atoms with Crippen LogP contribution < -0.4 is 14.4 Å². The van der Waals surface area contributed by atoms with Gasteiger partial charge in [-0.2, -0.15) is 0 Å². The van der Waals surface area contributed by atoms with Gasteiger partial charge < -0.3 is 24.4 Å². The number of anilines is 1. The Hall–Kier alpha value is -2.37.